The molecule has 0 spiro atoms. The summed E-state index contributed by atoms with van der Waals surface area (Å²) < 4.78 is 48.2. The second kappa shape index (κ2) is 8.19. The summed E-state index contributed by atoms with van der Waals surface area (Å²) in [6, 6.07) is 7.49. The number of benzene rings is 1. The van der Waals surface area contributed by atoms with Gasteiger partial charge in [-0.2, -0.15) is 4.98 Å². The summed E-state index contributed by atoms with van der Waals surface area (Å²) in [7, 11) is -3.84. The average Bonchev–Trinajstić information content (AvgIpc) is 3.41. The quantitative estimate of drug-likeness (QED) is 0.442. The van der Waals surface area contributed by atoms with Crippen LogP contribution in [0.2, 0.25) is 0 Å². The highest BCUT2D eigenvalue weighted by atomic mass is 32.2. The number of aromatic nitrogens is 3. The Morgan fingerprint density at radius 1 is 1.28 bits per heavy atom. The SMILES string of the molecule is CCOc1ccc(S(=O)(=O)NCCc2csc3nc(-c4cccs4)nn23)cc1F. The first-order chi connectivity index (χ1) is 14.0. The molecule has 0 atom stereocenters. The Kier molecular flexibility index (Phi) is 5.63. The van der Waals surface area contributed by atoms with E-state index in [1.807, 2.05) is 22.9 Å². The molecule has 0 saturated carbocycles. The molecule has 1 N–H and O–H groups in total. The molecule has 0 amide bonds. The van der Waals surface area contributed by atoms with E-state index in [-0.39, 0.29) is 17.2 Å². The second-order valence-corrected chi connectivity index (χ2v) is 9.56. The molecule has 152 valence electrons. The standard InChI is InChI=1S/C18H17FN4O3S3/c1-2-26-15-6-5-13(10-14(15)19)29(24,25)20-8-7-12-11-28-18-21-17(22-23(12)18)16-4-3-9-27-16/h3-6,9-11,20H,2,7-8H2,1H3. The molecule has 0 saturated heterocycles. The summed E-state index contributed by atoms with van der Waals surface area (Å²) in [6.45, 7) is 2.18. The summed E-state index contributed by atoms with van der Waals surface area (Å²) in [4.78, 5) is 6.08. The van der Waals surface area contributed by atoms with Gasteiger partial charge >= 0.3 is 0 Å². The number of nitrogens with zero attached hydrogens (tertiary/aromatic N) is 3. The van der Waals surface area contributed by atoms with Crippen molar-refractivity contribution in [2.75, 3.05) is 13.2 Å². The molecule has 0 aliphatic heterocycles. The Bertz CT molecular complexity index is 1230. The van der Waals surface area contributed by atoms with Crippen LogP contribution in [0.15, 0.2) is 46.0 Å². The van der Waals surface area contributed by atoms with E-state index in [2.05, 4.69) is 14.8 Å². The van der Waals surface area contributed by atoms with Crippen molar-refractivity contribution >= 4 is 37.7 Å². The minimum Gasteiger partial charge on any atom is -0.491 e. The maximum Gasteiger partial charge on any atom is 0.240 e. The van der Waals surface area contributed by atoms with Crippen molar-refractivity contribution in [3.63, 3.8) is 0 Å². The van der Waals surface area contributed by atoms with Gasteiger partial charge in [0.25, 0.3) is 0 Å². The largest absolute Gasteiger partial charge is 0.491 e. The molecule has 11 heteroatoms. The Morgan fingerprint density at radius 2 is 2.14 bits per heavy atom. The molecule has 0 aliphatic rings. The van der Waals surface area contributed by atoms with E-state index < -0.39 is 15.8 Å². The van der Waals surface area contributed by atoms with E-state index >= 15 is 0 Å². The fraction of sp³-hybridized carbons (Fsp3) is 0.222. The van der Waals surface area contributed by atoms with Crippen LogP contribution in [-0.2, 0) is 16.4 Å². The van der Waals surface area contributed by atoms with E-state index in [9.17, 15) is 12.8 Å². The number of halogens is 1. The Labute approximate surface area is 174 Å². The van der Waals surface area contributed by atoms with Crippen LogP contribution in [-0.4, -0.2) is 36.2 Å². The van der Waals surface area contributed by atoms with Gasteiger partial charge in [-0.05, 0) is 36.6 Å². The number of hydrogen-bond acceptors (Lipinski definition) is 7. The molecule has 0 radical (unpaired) electrons. The molecule has 7 nitrogen and oxygen atoms in total. The van der Waals surface area contributed by atoms with Crippen LogP contribution in [0, 0.1) is 5.82 Å². The van der Waals surface area contributed by atoms with Crippen LogP contribution in [0.25, 0.3) is 15.7 Å². The fourth-order valence-corrected chi connectivity index (χ4v) is 5.28. The number of sulfonamides is 1. The normalized spacial score (nSPS) is 11.9. The van der Waals surface area contributed by atoms with Gasteiger partial charge in [0.2, 0.25) is 15.0 Å². The zero-order valence-corrected chi connectivity index (χ0v) is 17.8. The second-order valence-electron chi connectivity index (χ2n) is 6.01. The lowest BCUT2D eigenvalue weighted by Crippen LogP contribution is -2.26. The van der Waals surface area contributed by atoms with Gasteiger partial charge in [0, 0.05) is 18.3 Å². The van der Waals surface area contributed by atoms with Gasteiger partial charge in [0.05, 0.1) is 22.1 Å². The zero-order chi connectivity index (χ0) is 20.4. The van der Waals surface area contributed by atoms with E-state index in [4.69, 9.17) is 4.74 Å². The predicted octanol–water partition coefficient (Wildman–Crippen LogP) is 3.58. The number of hydrogen-bond donors (Lipinski definition) is 1. The average molecular weight is 453 g/mol. The Hall–Kier alpha value is -2.34. The first kappa shape index (κ1) is 20.0. The molecule has 4 aromatic rings. The van der Waals surface area contributed by atoms with E-state index in [0.29, 0.717) is 18.9 Å². The third-order valence-electron chi connectivity index (χ3n) is 4.08. The Morgan fingerprint density at radius 3 is 2.86 bits per heavy atom. The summed E-state index contributed by atoms with van der Waals surface area (Å²) in [5.41, 5.74) is 0.848. The third-order valence-corrected chi connectivity index (χ3v) is 7.27. The first-order valence-corrected chi connectivity index (χ1v) is 12.0. The van der Waals surface area contributed by atoms with Crippen LogP contribution >= 0.6 is 22.7 Å². The highest BCUT2D eigenvalue weighted by Crippen LogP contribution is 2.25. The lowest BCUT2D eigenvalue weighted by atomic mass is 10.3. The molecular weight excluding hydrogens is 435 g/mol. The van der Waals surface area contributed by atoms with E-state index in [0.717, 1.165) is 21.6 Å². The van der Waals surface area contributed by atoms with Crippen LogP contribution in [0.5, 0.6) is 5.75 Å². The fourth-order valence-electron chi connectivity index (χ4n) is 2.72. The van der Waals surface area contributed by atoms with Crippen molar-refractivity contribution in [3.05, 3.63) is 52.6 Å². The van der Waals surface area contributed by atoms with Crippen molar-refractivity contribution in [1.82, 2.24) is 19.3 Å². The number of fused-ring (bicyclic) bond motifs is 1. The van der Waals surface area contributed by atoms with Crippen LogP contribution in [0.1, 0.15) is 12.6 Å². The minimum absolute atomic E-state index is 0.0276. The van der Waals surface area contributed by atoms with Crippen molar-refractivity contribution in [1.29, 1.82) is 0 Å². The van der Waals surface area contributed by atoms with Crippen LogP contribution in [0.4, 0.5) is 4.39 Å². The van der Waals surface area contributed by atoms with E-state index in [1.54, 1.807) is 22.8 Å². The number of nitrogens with one attached hydrogen (secondary N) is 1. The van der Waals surface area contributed by atoms with Crippen molar-refractivity contribution in [2.45, 2.75) is 18.2 Å². The van der Waals surface area contributed by atoms with Crippen LogP contribution in [0.3, 0.4) is 0 Å². The molecule has 0 aliphatic carbocycles. The lowest BCUT2D eigenvalue weighted by molar-refractivity contribution is 0.321. The maximum absolute atomic E-state index is 14.0. The highest BCUT2D eigenvalue weighted by molar-refractivity contribution is 7.89. The minimum atomic E-state index is -3.84. The lowest BCUT2D eigenvalue weighted by Gasteiger charge is -2.09. The third kappa shape index (κ3) is 4.17. The molecular formula is C18H17FN4O3S3. The molecule has 3 heterocycles. The van der Waals surface area contributed by atoms with Gasteiger partial charge in [-0.25, -0.2) is 22.0 Å². The van der Waals surface area contributed by atoms with Gasteiger partial charge < -0.3 is 4.74 Å². The zero-order valence-electron chi connectivity index (χ0n) is 15.3. The van der Waals surface area contributed by atoms with Gasteiger partial charge in [-0.15, -0.1) is 27.8 Å². The van der Waals surface area contributed by atoms with Gasteiger partial charge in [-0.1, -0.05) is 6.07 Å². The number of thiophene rings is 1. The number of thiazole rings is 1. The monoisotopic (exact) mass is 452 g/mol. The van der Waals surface area contributed by atoms with Crippen molar-refractivity contribution in [2.24, 2.45) is 0 Å². The van der Waals surface area contributed by atoms with Gasteiger partial charge in [0.15, 0.2) is 17.4 Å². The van der Waals surface area contributed by atoms with Crippen molar-refractivity contribution in [3.8, 4) is 16.5 Å². The van der Waals surface area contributed by atoms with Crippen molar-refractivity contribution < 1.29 is 17.5 Å². The topological polar surface area (TPSA) is 85.6 Å². The summed E-state index contributed by atoms with van der Waals surface area (Å²) in [5, 5.41) is 8.38. The first-order valence-electron chi connectivity index (χ1n) is 8.77. The number of rotatable bonds is 8. The Balaban J connectivity index is 1.45. The van der Waals surface area contributed by atoms with Crippen LogP contribution < -0.4 is 9.46 Å². The molecule has 0 bridgehead atoms. The van der Waals surface area contributed by atoms with E-state index in [1.165, 1.54) is 23.5 Å². The predicted molar refractivity (Wildman–Crippen MR) is 111 cm³/mol. The van der Waals surface area contributed by atoms with Gasteiger partial charge in [-0.3, -0.25) is 0 Å². The molecule has 1 aromatic carbocycles. The summed E-state index contributed by atoms with van der Waals surface area (Å²) in [5.74, 6) is -0.0311. The molecule has 0 unspecified atom stereocenters. The molecule has 29 heavy (non-hydrogen) atoms. The molecule has 0 fully saturated rings. The summed E-state index contributed by atoms with van der Waals surface area (Å²) >= 11 is 3.01. The molecule has 4 rings (SSSR count). The smallest absolute Gasteiger partial charge is 0.240 e. The number of ether oxygens (including phenoxy) is 1. The molecule has 3 aromatic heterocycles. The van der Waals surface area contributed by atoms with Gasteiger partial charge in [0.1, 0.15) is 0 Å². The maximum atomic E-state index is 14.0. The summed E-state index contributed by atoms with van der Waals surface area (Å²) in [6.07, 6.45) is 0.423. The highest BCUT2D eigenvalue weighted by Gasteiger charge is 2.17.